The average Bonchev–Trinajstić information content (AvgIpc) is 2.98. The number of esters is 1. The predicted molar refractivity (Wildman–Crippen MR) is 99.6 cm³/mol. The number of amides is 1. The largest absolute Gasteiger partial charge is 0.462 e. The third-order valence-corrected chi connectivity index (χ3v) is 4.83. The van der Waals surface area contributed by atoms with Crippen LogP contribution in [0.25, 0.3) is 10.9 Å². The van der Waals surface area contributed by atoms with Crippen LogP contribution in [0.15, 0.2) is 41.3 Å². The lowest BCUT2D eigenvalue weighted by Crippen LogP contribution is -2.22. The minimum absolute atomic E-state index is 0.0491. The lowest BCUT2D eigenvalue weighted by atomic mass is 10.2. The van der Waals surface area contributed by atoms with Crippen molar-refractivity contribution in [2.45, 2.75) is 20.4 Å². The molecule has 3 aromatic rings. The second-order valence-corrected chi connectivity index (χ2v) is 6.63. The highest BCUT2D eigenvalue weighted by Crippen LogP contribution is 2.27. The van der Waals surface area contributed by atoms with E-state index in [1.165, 1.54) is 22.2 Å². The first kappa shape index (κ1) is 17.8. The maximum atomic E-state index is 12.4. The van der Waals surface area contributed by atoms with E-state index in [-0.39, 0.29) is 17.9 Å². The van der Waals surface area contributed by atoms with Crippen LogP contribution in [-0.2, 0) is 16.1 Å². The van der Waals surface area contributed by atoms with Crippen molar-refractivity contribution in [3.8, 4) is 0 Å². The summed E-state index contributed by atoms with van der Waals surface area (Å²) < 4.78 is 6.47. The van der Waals surface area contributed by atoms with E-state index < -0.39 is 5.97 Å². The van der Waals surface area contributed by atoms with Gasteiger partial charge < -0.3 is 10.1 Å². The Morgan fingerprint density at radius 1 is 1.31 bits per heavy atom. The van der Waals surface area contributed by atoms with Crippen LogP contribution < -0.4 is 10.7 Å². The number of fused-ring (bicyclic) bond motifs is 1. The van der Waals surface area contributed by atoms with E-state index in [0.29, 0.717) is 27.4 Å². The second-order valence-electron chi connectivity index (χ2n) is 5.58. The Morgan fingerprint density at radius 2 is 2.08 bits per heavy atom. The smallest absolute Gasteiger partial charge is 0.348 e. The van der Waals surface area contributed by atoms with E-state index >= 15 is 0 Å². The van der Waals surface area contributed by atoms with Crippen LogP contribution in [0, 0.1) is 6.92 Å². The van der Waals surface area contributed by atoms with Gasteiger partial charge in [0.15, 0.2) is 0 Å². The molecule has 26 heavy (non-hydrogen) atoms. The lowest BCUT2D eigenvalue weighted by molar-refractivity contribution is -0.116. The first-order valence-corrected chi connectivity index (χ1v) is 8.83. The van der Waals surface area contributed by atoms with Crippen molar-refractivity contribution in [2.75, 3.05) is 11.9 Å². The third kappa shape index (κ3) is 3.65. The van der Waals surface area contributed by atoms with E-state index in [9.17, 15) is 14.4 Å². The Labute approximate surface area is 153 Å². The van der Waals surface area contributed by atoms with E-state index in [1.54, 1.807) is 44.2 Å². The molecule has 0 saturated heterocycles. The van der Waals surface area contributed by atoms with E-state index in [0.717, 1.165) is 5.56 Å². The van der Waals surface area contributed by atoms with E-state index in [4.69, 9.17) is 4.74 Å². The Kier molecular flexibility index (Phi) is 5.13. The number of hydrogen-bond acceptors (Lipinski definition) is 6. The number of anilines is 1. The Hall–Kier alpha value is -3.00. The highest BCUT2D eigenvalue weighted by molar-refractivity contribution is 7.18. The molecule has 0 radical (unpaired) electrons. The van der Waals surface area contributed by atoms with Crippen LogP contribution in [0.1, 0.15) is 22.2 Å². The summed E-state index contributed by atoms with van der Waals surface area (Å²) in [5.41, 5.74) is 1.14. The van der Waals surface area contributed by atoms with Crippen molar-refractivity contribution < 1.29 is 14.3 Å². The van der Waals surface area contributed by atoms with Crippen molar-refractivity contribution in [3.05, 3.63) is 57.2 Å². The van der Waals surface area contributed by atoms with Gasteiger partial charge in [-0.15, -0.1) is 11.3 Å². The number of thiophene rings is 1. The normalized spacial score (nSPS) is 10.7. The first-order valence-electron chi connectivity index (χ1n) is 8.02. The summed E-state index contributed by atoms with van der Waals surface area (Å²) in [7, 11) is 0. The molecule has 0 aliphatic heterocycles. The molecule has 7 nitrogen and oxygen atoms in total. The third-order valence-electron chi connectivity index (χ3n) is 3.70. The van der Waals surface area contributed by atoms with Crippen molar-refractivity contribution in [2.24, 2.45) is 0 Å². The number of carbonyl (C=O) groups is 2. The fourth-order valence-electron chi connectivity index (χ4n) is 2.54. The maximum Gasteiger partial charge on any atom is 0.348 e. The van der Waals surface area contributed by atoms with Gasteiger partial charge in [0.25, 0.3) is 0 Å². The van der Waals surface area contributed by atoms with Gasteiger partial charge in [-0.05, 0) is 37.6 Å². The van der Waals surface area contributed by atoms with Gasteiger partial charge in [0, 0.05) is 5.39 Å². The molecule has 1 N–H and O–H groups in total. The summed E-state index contributed by atoms with van der Waals surface area (Å²) in [6, 6.07) is 8.71. The minimum atomic E-state index is -0.399. The van der Waals surface area contributed by atoms with E-state index in [2.05, 4.69) is 10.4 Å². The minimum Gasteiger partial charge on any atom is -0.462 e. The number of rotatable bonds is 5. The molecule has 0 atom stereocenters. The number of benzene rings is 1. The molecule has 1 aromatic carbocycles. The molecule has 3 rings (SSSR count). The van der Waals surface area contributed by atoms with Crippen LogP contribution in [0.4, 0.5) is 5.00 Å². The molecule has 0 aliphatic rings. The quantitative estimate of drug-likeness (QED) is 0.696. The average molecular weight is 371 g/mol. The molecular formula is C18H17N3O4S. The summed E-state index contributed by atoms with van der Waals surface area (Å²) >= 11 is 1.17. The molecule has 8 heteroatoms. The Balaban J connectivity index is 1.78. The van der Waals surface area contributed by atoms with Gasteiger partial charge in [-0.3, -0.25) is 14.3 Å². The van der Waals surface area contributed by atoms with Gasteiger partial charge in [0.2, 0.25) is 11.3 Å². The van der Waals surface area contributed by atoms with Crippen molar-refractivity contribution in [3.63, 3.8) is 0 Å². The fourth-order valence-corrected chi connectivity index (χ4v) is 3.53. The summed E-state index contributed by atoms with van der Waals surface area (Å²) in [5, 5.41) is 7.86. The zero-order chi connectivity index (χ0) is 18.7. The number of nitrogens with zero attached hydrogens (tertiary/aromatic N) is 2. The number of aromatic nitrogens is 2. The molecule has 2 heterocycles. The standard InChI is InChI=1S/C18H17N3O4S/c1-3-25-18(24)17-11(2)8-16(26-17)20-15(23)10-21-13-7-5-4-6-12(13)14(22)9-19-21/h4-9H,3,10H2,1-2H3,(H,20,23). The predicted octanol–water partition coefficient (Wildman–Crippen LogP) is 2.58. The first-order chi connectivity index (χ1) is 12.5. The highest BCUT2D eigenvalue weighted by atomic mass is 32.1. The zero-order valence-corrected chi connectivity index (χ0v) is 15.1. The molecule has 0 bridgehead atoms. The van der Waals surface area contributed by atoms with Crippen LogP contribution >= 0.6 is 11.3 Å². The van der Waals surface area contributed by atoms with Crippen molar-refractivity contribution >= 4 is 39.1 Å². The van der Waals surface area contributed by atoms with Gasteiger partial charge in [0.05, 0.1) is 23.3 Å². The molecule has 0 unspecified atom stereocenters. The fraction of sp³-hybridized carbons (Fsp3) is 0.222. The van der Waals surface area contributed by atoms with Crippen LogP contribution in [0.5, 0.6) is 0 Å². The number of aryl methyl sites for hydroxylation is 1. The molecule has 0 saturated carbocycles. The molecule has 1 amide bonds. The Morgan fingerprint density at radius 3 is 2.85 bits per heavy atom. The molecule has 2 aromatic heterocycles. The monoisotopic (exact) mass is 371 g/mol. The number of nitrogens with one attached hydrogen (secondary N) is 1. The molecular weight excluding hydrogens is 354 g/mol. The van der Waals surface area contributed by atoms with Gasteiger partial charge in [0.1, 0.15) is 11.4 Å². The van der Waals surface area contributed by atoms with Crippen LogP contribution in [0.2, 0.25) is 0 Å². The van der Waals surface area contributed by atoms with Crippen molar-refractivity contribution in [1.29, 1.82) is 0 Å². The lowest BCUT2D eigenvalue weighted by Gasteiger charge is -2.08. The summed E-state index contributed by atoms with van der Waals surface area (Å²) in [6.45, 7) is 3.77. The van der Waals surface area contributed by atoms with Crippen LogP contribution in [-0.4, -0.2) is 28.3 Å². The topological polar surface area (TPSA) is 90.3 Å². The van der Waals surface area contributed by atoms with Gasteiger partial charge in [-0.25, -0.2) is 4.79 Å². The van der Waals surface area contributed by atoms with Crippen molar-refractivity contribution in [1.82, 2.24) is 9.78 Å². The molecule has 0 fully saturated rings. The second kappa shape index (κ2) is 7.49. The SMILES string of the molecule is CCOC(=O)c1sc(NC(=O)Cn2ncc(=O)c3ccccc32)cc1C. The zero-order valence-electron chi connectivity index (χ0n) is 14.3. The van der Waals surface area contributed by atoms with E-state index in [1.807, 2.05) is 0 Å². The van der Waals surface area contributed by atoms with Gasteiger partial charge >= 0.3 is 5.97 Å². The molecule has 0 spiro atoms. The number of carbonyl (C=O) groups excluding carboxylic acids is 2. The number of para-hydroxylation sites is 1. The van der Waals surface area contributed by atoms with Crippen LogP contribution in [0.3, 0.4) is 0 Å². The Bertz CT molecular complexity index is 1040. The number of ether oxygens (including phenoxy) is 1. The maximum absolute atomic E-state index is 12.4. The number of hydrogen-bond donors (Lipinski definition) is 1. The summed E-state index contributed by atoms with van der Waals surface area (Å²) in [4.78, 5) is 36.5. The summed E-state index contributed by atoms with van der Waals surface area (Å²) in [5.74, 6) is -0.702. The molecule has 134 valence electrons. The molecule has 0 aliphatic carbocycles. The van der Waals surface area contributed by atoms with Gasteiger partial charge in [-0.1, -0.05) is 12.1 Å². The van der Waals surface area contributed by atoms with Gasteiger partial charge in [-0.2, -0.15) is 5.10 Å². The summed E-state index contributed by atoms with van der Waals surface area (Å²) in [6.07, 6.45) is 1.20. The highest BCUT2D eigenvalue weighted by Gasteiger charge is 2.16.